The van der Waals surface area contributed by atoms with Crippen LogP contribution in [0, 0.1) is 6.92 Å². The van der Waals surface area contributed by atoms with Crippen LogP contribution in [-0.4, -0.2) is 15.6 Å². The van der Waals surface area contributed by atoms with Crippen LogP contribution in [0.25, 0.3) is 11.1 Å². The maximum Gasteiger partial charge on any atom is 0.326 e. The second kappa shape index (κ2) is 5.51. The average molecular weight is 292 g/mol. The number of nitrogens with zero attached hydrogens (tertiary/aromatic N) is 1. The van der Waals surface area contributed by atoms with Gasteiger partial charge in [0.1, 0.15) is 6.04 Å². The highest BCUT2D eigenvalue weighted by molar-refractivity contribution is 6.30. The van der Waals surface area contributed by atoms with Crippen molar-refractivity contribution >= 4 is 17.6 Å². The van der Waals surface area contributed by atoms with E-state index in [1.54, 1.807) is 18.2 Å². The Balaban J connectivity index is 2.51. The van der Waals surface area contributed by atoms with Crippen molar-refractivity contribution in [2.24, 2.45) is 0 Å². The Morgan fingerprint density at radius 3 is 2.60 bits per heavy atom. The summed E-state index contributed by atoms with van der Waals surface area (Å²) in [6.07, 6.45) is 1.50. The molecule has 0 aliphatic heterocycles. The van der Waals surface area contributed by atoms with Gasteiger partial charge in [-0.2, -0.15) is 0 Å². The van der Waals surface area contributed by atoms with Gasteiger partial charge < -0.3 is 9.67 Å². The molecule has 0 saturated carbocycles. The molecule has 1 aromatic carbocycles. The summed E-state index contributed by atoms with van der Waals surface area (Å²) in [7, 11) is 0. The Kier molecular flexibility index (Phi) is 3.95. The summed E-state index contributed by atoms with van der Waals surface area (Å²) in [6.45, 7) is 3.39. The molecule has 0 amide bonds. The molecule has 2 aromatic rings. The van der Waals surface area contributed by atoms with E-state index in [2.05, 4.69) is 0 Å². The molecule has 1 unspecified atom stereocenters. The first-order valence-electron chi connectivity index (χ1n) is 6.11. The van der Waals surface area contributed by atoms with E-state index in [0.717, 1.165) is 16.7 Å². The summed E-state index contributed by atoms with van der Waals surface area (Å²) in [5.74, 6) is -1.04. The fraction of sp³-hybridized carbons (Fsp3) is 0.200. The number of benzene rings is 1. The molecule has 104 valence electrons. The summed E-state index contributed by atoms with van der Waals surface area (Å²) in [5, 5.41) is 9.54. The maximum atomic E-state index is 12.0. The number of carbonyl (C=O) groups is 1. The van der Waals surface area contributed by atoms with Crippen LogP contribution in [-0.2, 0) is 4.79 Å². The second-order valence-electron chi connectivity index (χ2n) is 4.63. The van der Waals surface area contributed by atoms with Crippen molar-refractivity contribution in [2.45, 2.75) is 19.9 Å². The van der Waals surface area contributed by atoms with E-state index in [9.17, 15) is 9.59 Å². The van der Waals surface area contributed by atoms with E-state index in [4.69, 9.17) is 16.7 Å². The molecule has 0 saturated heterocycles. The fourth-order valence-corrected chi connectivity index (χ4v) is 2.17. The molecular weight excluding hydrogens is 278 g/mol. The van der Waals surface area contributed by atoms with Crippen LogP contribution < -0.4 is 5.56 Å². The predicted octanol–water partition coefficient (Wildman–Crippen LogP) is 3.12. The van der Waals surface area contributed by atoms with Gasteiger partial charge in [-0.1, -0.05) is 17.7 Å². The van der Waals surface area contributed by atoms with Crippen LogP contribution in [0.15, 0.2) is 41.3 Å². The second-order valence-corrected chi connectivity index (χ2v) is 5.07. The molecule has 0 aliphatic rings. The van der Waals surface area contributed by atoms with Crippen LogP contribution >= 0.6 is 11.6 Å². The Bertz CT molecular complexity index is 721. The fourth-order valence-electron chi connectivity index (χ4n) is 2.00. The smallest absolute Gasteiger partial charge is 0.326 e. The lowest BCUT2D eigenvalue weighted by Gasteiger charge is -2.12. The van der Waals surface area contributed by atoms with Crippen molar-refractivity contribution in [3.63, 3.8) is 0 Å². The van der Waals surface area contributed by atoms with Gasteiger partial charge in [-0.15, -0.1) is 0 Å². The van der Waals surface area contributed by atoms with Crippen molar-refractivity contribution in [3.8, 4) is 11.1 Å². The molecule has 1 atom stereocenters. The van der Waals surface area contributed by atoms with Crippen molar-refractivity contribution in [1.29, 1.82) is 0 Å². The normalized spacial score (nSPS) is 12.2. The van der Waals surface area contributed by atoms with Crippen LogP contribution in [0.5, 0.6) is 0 Å². The SMILES string of the molecule is Cc1ccc(Cl)cc1-c1ccn(C(C)C(=O)O)c(=O)c1. The number of aromatic nitrogens is 1. The molecule has 4 nitrogen and oxygen atoms in total. The zero-order chi connectivity index (χ0) is 14.9. The van der Waals surface area contributed by atoms with Gasteiger partial charge in [0.2, 0.25) is 0 Å². The number of aliphatic carboxylic acids is 1. The van der Waals surface area contributed by atoms with Crippen molar-refractivity contribution in [1.82, 2.24) is 4.57 Å². The third-order valence-electron chi connectivity index (χ3n) is 3.23. The lowest BCUT2D eigenvalue weighted by molar-refractivity contribution is -0.140. The first kappa shape index (κ1) is 14.3. The van der Waals surface area contributed by atoms with Gasteiger partial charge >= 0.3 is 5.97 Å². The third-order valence-corrected chi connectivity index (χ3v) is 3.47. The van der Waals surface area contributed by atoms with Gasteiger partial charge in [0, 0.05) is 17.3 Å². The number of hydrogen-bond acceptors (Lipinski definition) is 2. The van der Waals surface area contributed by atoms with Crippen molar-refractivity contribution in [3.05, 3.63) is 57.5 Å². The molecular formula is C15H14ClNO3. The Labute approximate surface area is 121 Å². The lowest BCUT2D eigenvalue weighted by atomic mass is 10.0. The van der Waals surface area contributed by atoms with Crippen LogP contribution in [0.3, 0.4) is 0 Å². The summed E-state index contributed by atoms with van der Waals surface area (Å²) in [6, 6.07) is 7.71. The maximum absolute atomic E-state index is 12.0. The van der Waals surface area contributed by atoms with E-state index in [0.29, 0.717) is 5.02 Å². The zero-order valence-corrected chi connectivity index (χ0v) is 11.9. The van der Waals surface area contributed by atoms with Gasteiger partial charge in [-0.25, -0.2) is 4.79 Å². The zero-order valence-electron chi connectivity index (χ0n) is 11.1. The number of carboxylic acid groups (broad SMARTS) is 1. The summed E-state index contributed by atoms with van der Waals surface area (Å²) in [5.41, 5.74) is 2.24. The van der Waals surface area contributed by atoms with Crippen LogP contribution in [0.4, 0.5) is 0 Å². The summed E-state index contributed by atoms with van der Waals surface area (Å²) in [4.78, 5) is 23.0. The highest BCUT2D eigenvalue weighted by Gasteiger charge is 2.14. The largest absolute Gasteiger partial charge is 0.480 e. The molecule has 0 bridgehead atoms. The van der Waals surface area contributed by atoms with E-state index >= 15 is 0 Å². The first-order valence-corrected chi connectivity index (χ1v) is 6.49. The van der Waals surface area contributed by atoms with Gasteiger partial charge in [-0.3, -0.25) is 4.79 Å². The molecule has 0 aliphatic carbocycles. The van der Waals surface area contributed by atoms with E-state index in [1.807, 2.05) is 13.0 Å². The van der Waals surface area contributed by atoms with E-state index in [1.165, 1.54) is 23.8 Å². The number of halogens is 1. The summed E-state index contributed by atoms with van der Waals surface area (Å²) < 4.78 is 1.19. The van der Waals surface area contributed by atoms with E-state index < -0.39 is 12.0 Å². The van der Waals surface area contributed by atoms with Crippen molar-refractivity contribution < 1.29 is 9.90 Å². The monoisotopic (exact) mass is 291 g/mol. The molecule has 0 spiro atoms. The van der Waals surface area contributed by atoms with Gasteiger partial charge in [0.25, 0.3) is 5.56 Å². The minimum Gasteiger partial charge on any atom is -0.480 e. The molecule has 5 heteroatoms. The molecule has 1 aromatic heterocycles. The van der Waals surface area contributed by atoms with Gasteiger partial charge in [0.15, 0.2) is 0 Å². The van der Waals surface area contributed by atoms with E-state index in [-0.39, 0.29) is 5.56 Å². The predicted molar refractivity (Wildman–Crippen MR) is 78.2 cm³/mol. The van der Waals surface area contributed by atoms with Crippen LogP contribution in [0.2, 0.25) is 5.02 Å². The standard InChI is InChI=1S/C15H14ClNO3/c1-9-3-4-12(16)8-13(9)11-5-6-17(14(18)7-11)10(2)15(19)20/h3-8,10H,1-2H3,(H,19,20). The van der Waals surface area contributed by atoms with Crippen LogP contribution in [0.1, 0.15) is 18.5 Å². The number of pyridine rings is 1. The van der Waals surface area contributed by atoms with Gasteiger partial charge in [0.05, 0.1) is 0 Å². The Morgan fingerprint density at radius 2 is 2.00 bits per heavy atom. The molecule has 20 heavy (non-hydrogen) atoms. The third kappa shape index (κ3) is 2.75. The molecule has 1 N–H and O–H groups in total. The highest BCUT2D eigenvalue weighted by Crippen LogP contribution is 2.25. The quantitative estimate of drug-likeness (QED) is 0.945. The summed E-state index contributed by atoms with van der Waals surface area (Å²) >= 11 is 5.97. The minimum absolute atomic E-state index is 0.350. The number of carboxylic acids is 1. The molecule has 2 rings (SSSR count). The highest BCUT2D eigenvalue weighted by atomic mass is 35.5. The molecule has 0 radical (unpaired) electrons. The number of hydrogen-bond donors (Lipinski definition) is 1. The lowest BCUT2D eigenvalue weighted by Crippen LogP contribution is -2.26. The molecule has 1 heterocycles. The Morgan fingerprint density at radius 1 is 1.30 bits per heavy atom. The molecule has 0 fully saturated rings. The number of rotatable bonds is 3. The Hall–Kier alpha value is -2.07. The number of aryl methyl sites for hydroxylation is 1. The van der Waals surface area contributed by atoms with Gasteiger partial charge in [-0.05, 0) is 48.7 Å². The topological polar surface area (TPSA) is 59.3 Å². The average Bonchev–Trinajstić information content (AvgIpc) is 2.40. The van der Waals surface area contributed by atoms with Crippen molar-refractivity contribution in [2.75, 3.05) is 0 Å². The minimum atomic E-state index is -1.04. The first-order chi connectivity index (χ1) is 9.40.